The van der Waals surface area contributed by atoms with Crippen molar-refractivity contribution in [3.05, 3.63) is 30.3 Å². The molecule has 0 fully saturated rings. The van der Waals surface area contributed by atoms with Crippen LogP contribution < -0.4 is 4.18 Å². The van der Waals surface area contributed by atoms with Gasteiger partial charge in [-0.15, -0.1) is 0 Å². The van der Waals surface area contributed by atoms with Crippen molar-refractivity contribution in [2.24, 2.45) is 0 Å². The SMILES string of the molecule is CCC(S(=O)(=O)O)(S(=O)(=O)O)S(=O)(=O)Oc1ccccc1.[Na]. The average molecular weight is 383 g/mol. The molecule has 0 atom stereocenters. The van der Waals surface area contributed by atoms with Crippen LogP contribution in [0.25, 0.3) is 0 Å². The van der Waals surface area contributed by atoms with E-state index in [-0.39, 0.29) is 35.3 Å². The van der Waals surface area contributed by atoms with Crippen LogP contribution in [0.3, 0.4) is 0 Å². The van der Waals surface area contributed by atoms with E-state index in [1.54, 1.807) is 0 Å². The van der Waals surface area contributed by atoms with Crippen LogP contribution in [0.4, 0.5) is 0 Å². The van der Waals surface area contributed by atoms with Crippen molar-refractivity contribution in [2.75, 3.05) is 0 Å². The minimum Gasteiger partial charge on any atom is -0.380 e. The fourth-order valence-corrected chi connectivity index (χ4v) is 6.51. The first-order valence-corrected chi connectivity index (χ1v) is 9.61. The molecule has 0 aromatic heterocycles. The predicted molar refractivity (Wildman–Crippen MR) is 77.9 cm³/mol. The third-order valence-corrected chi connectivity index (χ3v) is 9.91. The van der Waals surface area contributed by atoms with Crippen LogP contribution in [0.1, 0.15) is 13.3 Å². The Hall–Kier alpha value is -0.210. The Balaban J connectivity index is 0.00000441. The smallest absolute Gasteiger partial charge is 0.355 e. The first-order chi connectivity index (χ1) is 9.39. The molecule has 0 aliphatic carbocycles. The number of hydrogen-bond donors (Lipinski definition) is 2. The van der Waals surface area contributed by atoms with Crippen LogP contribution in [0, 0.1) is 0 Å². The van der Waals surface area contributed by atoms with E-state index in [1.807, 2.05) is 0 Å². The Morgan fingerprint density at radius 3 is 1.68 bits per heavy atom. The summed E-state index contributed by atoms with van der Waals surface area (Å²) in [5.41, 5.74) is 0. The van der Waals surface area contributed by atoms with Gasteiger partial charge in [0.15, 0.2) is 0 Å². The summed E-state index contributed by atoms with van der Waals surface area (Å²) >= 11 is 0. The Morgan fingerprint density at radius 2 is 1.36 bits per heavy atom. The molecule has 22 heavy (non-hydrogen) atoms. The van der Waals surface area contributed by atoms with Gasteiger partial charge in [-0.3, -0.25) is 9.11 Å². The second kappa shape index (κ2) is 7.13. The van der Waals surface area contributed by atoms with Crippen molar-refractivity contribution in [3.8, 4) is 5.75 Å². The van der Waals surface area contributed by atoms with Crippen LogP contribution in [0.2, 0.25) is 0 Å². The van der Waals surface area contributed by atoms with Crippen molar-refractivity contribution in [1.29, 1.82) is 0 Å². The molecule has 9 nitrogen and oxygen atoms in total. The van der Waals surface area contributed by atoms with Gasteiger partial charge in [0.1, 0.15) is 5.75 Å². The molecule has 0 heterocycles. The topological polar surface area (TPSA) is 152 Å². The fourth-order valence-electron chi connectivity index (χ4n) is 1.60. The zero-order valence-electron chi connectivity index (χ0n) is 11.6. The van der Waals surface area contributed by atoms with Gasteiger partial charge in [0, 0.05) is 36.0 Å². The maximum absolute atomic E-state index is 12.0. The largest absolute Gasteiger partial charge is 0.380 e. The molecular formula is C9H12NaO9S3. The van der Waals surface area contributed by atoms with Crippen LogP contribution in [-0.2, 0) is 30.4 Å². The van der Waals surface area contributed by atoms with E-state index in [0.717, 1.165) is 19.1 Å². The third kappa shape index (κ3) is 3.82. The van der Waals surface area contributed by atoms with E-state index in [9.17, 15) is 25.3 Å². The minimum absolute atomic E-state index is 0. The average Bonchev–Trinajstić information content (AvgIpc) is 2.26. The molecule has 2 N–H and O–H groups in total. The summed E-state index contributed by atoms with van der Waals surface area (Å²) in [5, 5.41) is 0. The molecule has 1 radical (unpaired) electrons. The van der Waals surface area contributed by atoms with Gasteiger partial charge in [-0.1, -0.05) is 25.1 Å². The Morgan fingerprint density at radius 1 is 0.955 bits per heavy atom. The standard InChI is InChI=1S/C9H12O9S3.Na/c1-2-9(19(10,11)12,20(13,14)15)21(16,17)18-8-6-4-3-5-7-8;/h3-7H,2H2,1H3,(H,10,11,12)(H,13,14,15);. The zero-order chi connectivity index (χ0) is 16.5. The number of benzene rings is 1. The van der Waals surface area contributed by atoms with Crippen molar-refractivity contribution in [1.82, 2.24) is 0 Å². The normalized spacial score (nSPS) is 13.2. The van der Waals surface area contributed by atoms with Gasteiger partial charge in [-0.05, 0) is 12.1 Å². The molecule has 0 saturated carbocycles. The van der Waals surface area contributed by atoms with Gasteiger partial charge < -0.3 is 4.18 Å². The first-order valence-electron chi connectivity index (χ1n) is 5.32. The number of rotatable bonds is 6. The van der Waals surface area contributed by atoms with E-state index < -0.39 is 40.2 Å². The second-order valence-corrected chi connectivity index (χ2v) is 9.68. The molecule has 0 spiro atoms. The van der Waals surface area contributed by atoms with Crippen molar-refractivity contribution in [2.45, 2.75) is 16.8 Å². The fraction of sp³-hybridized carbons (Fsp3) is 0.333. The minimum atomic E-state index is -5.76. The summed E-state index contributed by atoms with van der Waals surface area (Å²) in [4.78, 5) is 0. The van der Waals surface area contributed by atoms with E-state index in [4.69, 9.17) is 9.11 Å². The van der Waals surface area contributed by atoms with Crippen LogP contribution in [0.15, 0.2) is 30.3 Å². The second-order valence-electron chi connectivity index (χ2n) is 3.84. The van der Waals surface area contributed by atoms with Crippen molar-refractivity contribution in [3.63, 3.8) is 0 Å². The molecule has 0 unspecified atom stereocenters. The number of para-hydroxylation sites is 1. The monoisotopic (exact) mass is 383 g/mol. The summed E-state index contributed by atoms with van der Waals surface area (Å²) in [5.74, 6) is -0.386. The van der Waals surface area contributed by atoms with E-state index in [2.05, 4.69) is 4.18 Å². The van der Waals surface area contributed by atoms with Crippen molar-refractivity contribution < 1.29 is 38.5 Å². The Bertz CT molecular complexity index is 780. The molecule has 13 heteroatoms. The van der Waals surface area contributed by atoms with Gasteiger partial charge in [-0.25, -0.2) is 0 Å². The maximum Gasteiger partial charge on any atom is 0.355 e. The molecule has 1 rings (SSSR count). The summed E-state index contributed by atoms with van der Waals surface area (Å²) < 4.78 is 88.0. The molecule has 1 aromatic carbocycles. The maximum atomic E-state index is 12.0. The summed E-state index contributed by atoms with van der Waals surface area (Å²) in [7, 11) is -17.0. The molecule has 0 bridgehead atoms. The van der Waals surface area contributed by atoms with E-state index in [0.29, 0.717) is 0 Å². The quantitative estimate of drug-likeness (QED) is 0.388. The van der Waals surface area contributed by atoms with Gasteiger partial charge in [0.05, 0.1) is 0 Å². The third-order valence-electron chi connectivity index (χ3n) is 2.55. The molecule has 121 valence electrons. The van der Waals surface area contributed by atoms with Gasteiger partial charge in [0.25, 0.3) is 0 Å². The van der Waals surface area contributed by atoms with Crippen LogP contribution >= 0.6 is 0 Å². The Labute approximate surface area is 150 Å². The van der Waals surface area contributed by atoms with Crippen molar-refractivity contribution >= 4 is 59.9 Å². The van der Waals surface area contributed by atoms with E-state index >= 15 is 0 Å². The van der Waals surface area contributed by atoms with Crippen LogP contribution in [0.5, 0.6) is 5.75 Å². The van der Waals surface area contributed by atoms with Gasteiger partial charge in [-0.2, -0.15) is 25.3 Å². The van der Waals surface area contributed by atoms with E-state index in [1.165, 1.54) is 18.2 Å². The Kier molecular flexibility index (Phi) is 7.06. The van der Waals surface area contributed by atoms with Gasteiger partial charge in [0.2, 0.25) is 0 Å². The molecule has 0 saturated heterocycles. The number of hydrogen-bond acceptors (Lipinski definition) is 7. The molecular weight excluding hydrogens is 371 g/mol. The predicted octanol–water partition coefficient (Wildman–Crippen LogP) is -0.146. The zero-order valence-corrected chi connectivity index (χ0v) is 16.0. The summed E-state index contributed by atoms with van der Waals surface area (Å²) in [6.07, 6.45) is -1.18. The molecule has 1 aromatic rings. The molecule has 0 amide bonds. The molecule has 0 aliphatic rings. The first kappa shape index (κ1) is 21.8. The summed E-state index contributed by atoms with van der Waals surface area (Å²) in [6, 6.07) is 6.43. The van der Waals surface area contributed by atoms with Gasteiger partial charge >= 0.3 is 33.8 Å². The molecule has 0 aliphatic heterocycles. The van der Waals surface area contributed by atoms with Crippen LogP contribution in [-0.4, -0.2) is 67.3 Å². The summed E-state index contributed by atoms with van der Waals surface area (Å²) in [6.45, 7) is 0.841.